The van der Waals surface area contributed by atoms with E-state index < -0.39 is 0 Å². The molecule has 0 aliphatic rings. The molecule has 1 N–H and O–H groups in total. The van der Waals surface area contributed by atoms with E-state index in [1.807, 2.05) is 31.2 Å². The molecule has 0 spiro atoms. The smallest absolute Gasteiger partial charge is 0.303 e. The van der Waals surface area contributed by atoms with Crippen molar-refractivity contribution in [3.8, 4) is 17.6 Å². The minimum atomic E-state index is -0.340. The van der Waals surface area contributed by atoms with Gasteiger partial charge >= 0.3 is 5.97 Å². The maximum Gasteiger partial charge on any atom is 0.303 e. The molecule has 0 bridgehead atoms. The second-order valence-corrected chi connectivity index (χ2v) is 4.92. The van der Waals surface area contributed by atoms with Crippen LogP contribution in [0.4, 0.5) is 0 Å². The zero-order valence-electron chi connectivity index (χ0n) is 13.3. The molecule has 1 aromatic carbocycles. The average Bonchev–Trinajstić information content (AvgIpc) is 2.53. The molecule has 0 aromatic heterocycles. The van der Waals surface area contributed by atoms with Crippen LogP contribution in [0.15, 0.2) is 24.3 Å². The number of carbonyl (C=O) groups is 1. The molecule has 5 nitrogen and oxygen atoms in total. The summed E-state index contributed by atoms with van der Waals surface area (Å²) >= 11 is 0. The fourth-order valence-corrected chi connectivity index (χ4v) is 1.79. The van der Waals surface area contributed by atoms with Crippen molar-refractivity contribution < 1.29 is 19.4 Å². The van der Waals surface area contributed by atoms with E-state index in [-0.39, 0.29) is 25.2 Å². The molecular weight excluding hydrogens is 282 g/mol. The Morgan fingerprint density at radius 1 is 1.32 bits per heavy atom. The number of esters is 1. The summed E-state index contributed by atoms with van der Waals surface area (Å²) in [6, 6.07) is 7.78. The SMILES string of the molecule is COc1ccc(CN(CC#CCOC(C)=O)[C@@H](C)CO)cc1. The number of rotatable bonds is 7. The number of aliphatic hydroxyl groups is 1. The van der Waals surface area contributed by atoms with Gasteiger partial charge in [-0.2, -0.15) is 0 Å². The van der Waals surface area contributed by atoms with Crippen molar-refractivity contribution in [2.24, 2.45) is 0 Å². The summed E-state index contributed by atoms with van der Waals surface area (Å²) in [7, 11) is 1.63. The van der Waals surface area contributed by atoms with Crippen molar-refractivity contribution in [3.63, 3.8) is 0 Å². The first kappa shape index (κ1) is 18.0. The number of aliphatic hydroxyl groups excluding tert-OH is 1. The summed E-state index contributed by atoms with van der Waals surface area (Å²) in [5.41, 5.74) is 1.11. The minimum absolute atomic E-state index is 0.00914. The van der Waals surface area contributed by atoms with Crippen LogP contribution in [-0.2, 0) is 16.1 Å². The van der Waals surface area contributed by atoms with Crippen LogP contribution in [0.3, 0.4) is 0 Å². The predicted octanol–water partition coefficient (Wildman–Crippen LogP) is 1.44. The number of carbonyl (C=O) groups excluding carboxylic acids is 1. The second-order valence-electron chi connectivity index (χ2n) is 4.92. The van der Waals surface area contributed by atoms with Crippen LogP contribution in [0, 0.1) is 11.8 Å². The summed E-state index contributed by atoms with van der Waals surface area (Å²) < 4.78 is 9.90. The lowest BCUT2D eigenvalue weighted by molar-refractivity contribution is -0.139. The molecule has 22 heavy (non-hydrogen) atoms. The Morgan fingerprint density at radius 3 is 2.55 bits per heavy atom. The van der Waals surface area contributed by atoms with Crippen LogP contribution in [0.1, 0.15) is 19.4 Å². The molecule has 0 fully saturated rings. The molecule has 0 radical (unpaired) electrons. The lowest BCUT2D eigenvalue weighted by Crippen LogP contribution is -2.35. The Kier molecular flexibility index (Phi) is 8.05. The fraction of sp³-hybridized carbons (Fsp3) is 0.471. The van der Waals surface area contributed by atoms with E-state index in [0.717, 1.165) is 11.3 Å². The lowest BCUT2D eigenvalue weighted by atomic mass is 10.1. The first-order valence-electron chi connectivity index (χ1n) is 7.13. The van der Waals surface area contributed by atoms with Crippen molar-refractivity contribution in [3.05, 3.63) is 29.8 Å². The first-order valence-corrected chi connectivity index (χ1v) is 7.13. The summed E-state index contributed by atoms with van der Waals surface area (Å²) in [5.74, 6) is 6.23. The van der Waals surface area contributed by atoms with Crippen LogP contribution >= 0.6 is 0 Å². The summed E-state index contributed by atoms with van der Waals surface area (Å²) in [4.78, 5) is 12.7. The summed E-state index contributed by atoms with van der Waals surface area (Å²) in [6.45, 7) is 4.62. The van der Waals surface area contributed by atoms with Crippen LogP contribution in [-0.4, -0.2) is 48.9 Å². The highest BCUT2D eigenvalue weighted by atomic mass is 16.5. The Hall–Kier alpha value is -2.03. The molecule has 0 unspecified atom stereocenters. The van der Waals surface area contributed by atoms with Crippen molar-refractivity contribution in [2.75, 3.05) is 26.9 Å². The van der Waals surface area contributed by atoms with Gasteiger partial charge in [-0.15, -0.1) is 0 Å². The molecule has 0 amide bonds. The van der Waals surface area contributed by atoms with Gasteiger partial charge in [0, 0.05) is 19.5 Å². The van der Waals surface area contributed by atoms with E-state index in [0.29, 0.717) is 13.1 Å². The summed E-state index contributed by atoms with van der Waals surface area (Å²) in [6.07, 6.45) is 0. The normalized spacial score (nSPS) is 11.5. The summed E-state index contributed by atoms with van der Waals surface area (Å²) in [5, 5.41) is 9.36. The molecule has 0 aliphatic heterocycles. The topological polar surface area (TPSA) is 59.0 Å². The van der Waals surface area contributed by atoms with Crippen molar-refractivity contribution in [1.82, 2.24) is 4.90 Å². The number of nitrogens with zero attached hydrogens (tertiary/aromatic N) is 1. The van der Waals surface area contributed by atoms with Crippen LogP contribution in [0.2, 0.25) is 0 Å². The predicted molar refractivity (Wildman–Crippen MR) is 84.4 cm³/mol. The van der Waals surface area contributed by atoms with Gasteiger partial charge in [0.1, 0.15) is 5.75 Å². The molecule has 5 heteroatoms. The van der Waals surface area contributed by atoms with E-state index in [4.69, 9.17) is 9.47 Å². The van der Waals surface area contributed by atoms with Crippen molar-refractivity contribution in [2.45, 2.75) is 26.4 Å². The van der Waals surface area contributed by atoms with E-state index in [9.17, 15) is 9.90 Å². The molecule has 0 aliphatic carbocycles. The number of ether oxygens (including phenoxy) is 2. The van der Waals surface area contributed by atoms with Crippen LogP contribution in [0.25, 0.3) is 0 Å². The molecule has 1 rings (SSSR count). The zero-order valence-corrected chi connectivity index (χ0v) is 13.3. The quantitative estimate of drug-likeness (QED) is 0.610. The van der Waals surface area contributed by atoms with Crippen LogP contribution < -0.4 is 4.74 Å². The van der Waals surface area contributed by atoms with Gasteiger partial charge < -0.3 is 14.6 Å². The molecule has 1 atom stereocenters. The van der Waals surface area contributed by atoms with E-state index in [2.05, 4.69) is 16.7 Å². The van der Waals surface area contributed by atoms with Gasteiger partial charge in [-0.05, 0) is 24.6 Å². The zero-order chi connectivity index (χ0) is 16.4. The Labute approximate surface area is 131 Å². The monoisotopic (exact) mass is 305 g/mol. The van der Waals surface area contributed by atoms with Gasteiger partial charge in [0.05, 0.1) is 20.3 Å². The van der Waals surface area contributed by atoms with Crippen molar-refractivity contribution in [1.29, 1.82) is 0 Å². The Morgan fingerprint density at radius 2 is 2.00 bits per heavy atom. The largest absolute Gasteiger partial charge is 0.497 e. The highest BCUT2D eigenvalue weighted by Gasteiger charge is 2.12. The molecule has 0 heterocycles. The maximum absolute atomic E-state index is 10.6. The van der Waals surface area contributed by atoms with Gasteiger partial charge in [0.2, 0.25) is 0 Å². The molecular formula is C17H23NO4. The van der Waals surface area contributed by atoms with Gasteiger partial charge in [-0.1, -0.05) is 24.0 Å². The van der Waals surface area contributed by atoms with Crippen LogP contribution in [0.5, 0.6) is 5.75 Å². The van der Waals surface area contributed by atoms with Gasteiger partial charge in [0.15, 0.2) is 6.61 Å². The first-order chi connectivity index (χ1) is 10.6. The Bertz CT molecular complexity index is 516. The molecule has 0 saturated heterocycles. The molecule has 0 saturated carbocycles. The Balaban J connectivity index is 2.61. The standard InChI is InChI=1S/C17H23NO4/c1-14(13-19)18(10-4-5-11-22-15(2)20)12-16-6-8-17(21-3)9-7-16/h6-9,14,19H,10-13H2,1-3H3/t14-/m0/s1. The minimum Gasteiger partial charge on any atom is -0.497 e. The third kappa shape index (κ3) is 6.61. The van der Waals surface area contributed by atoms with Gasteiger partial charge in [0.25, 0.3) is 0 Å². The third-order valence-electron chi connectivity index (χ3n) is 3.19. The van der Waals surface area contributed by atoms with E-state index in [1.165, 1.54) is 6.92 Å². The average molecular weight is 305 g/mol. The number of benzene rings is 1. The van der Waals surface area contributed by atoms with E-state index >= 15 is 0 Å². The third-order valence-corrected chi connectivity index (χ3v) is 3.19. The second kappa shape index (κ2) is 9.82. The lowest BCUT2D eigenvalue weighted by Gasteiger charge is -2.25. The maximum atomic E-state index is 10.6. The number of methoxy groups -OCH3 is 1. The molecule has 1 aromatic rings. The fourth-order valence-electron chi connectivity index (χ4n) is 1.79. The number of hydrogen-bond donors (Lipinski definition) is 1. The molecule has 120 valence electrons. The van der Waals surface area contributed by atoms with Gasteiger partial charge in [-0.25, -0.2) is 0 Å². The highest BCUT2D eigenvalue weighted by molar-refractivity contribution is 5.66. The highest BCUT2D eigenvalue weighted by Crippen LogP contribution is 2.14. The van der Waals surface area contributed by atoms with Crippen molar-refractivity contribution >= 4 is 5.97 Å². The number of hydrogen-bond acceptors (Lipinski definition) is 5. The van der Waals surface area contributed by atoms with Gasteiger partial charge in [-0.3, -0.25) is 9.69 Å². The van der Waals surface area contributed by atoms with E-state index in [1.54, 1.807) is 7.11 Å².